The van der Waals surface area contributed by atoms with Crippen molar-refractivity contribution in [2.75, 3.05) is 18.4 Å². The van der Waals surface area contributed by atoms with Crippen molar-refractivity contribution in [3.63, 3.8) is 0 Å². The zero-order chi connectivity index (χ0) is 12.3. The first-order valence-electron chi connectivity index (χ1n) is 5.99. The molecule has 1 saturated heterocycles. The Morgan fingerprint density at radius 3 is 2.65 bits per heavy atom. The van der Waals surface area contributed by atoms with Gasteiger partial charge in [-0.2, -0.15) is 0 Å². The number of carbonyl (C=O) groups is 1. The SMILES string of the molecule is Cc1cc(Cl)ccc1NC(=O)N1CCCCC1. The van der Waals surface area contributed by atoms with Gasteiger partial charge in [0.2, 0.25) is 0 Å². The van der Waals surface area contributed by atoms with Crippen molar-refractivity contribution in [1.82, 2.24) is 4.90 Å². The molecule has 92 valence electrons. The molecular formula is C13H17ClN2O. The highest BCUT2D eigenvalue weighted by atomic mass is 35.5. The van der Waals surface area contributed by atoms with E-state index in [9.17, 15) is 4.79 Å². The second-order valence-electron chi connectivity index (χ2n) is 4.44. The molecular weight excluding hydrogens is 236 g/mol. The van der Waals surface area contributed by atoms with Gasteiger partial charge in [-0.25, -0.2) is 4.79 Å². The molecule has 4 heteroatoms. The van der Waals surface area contributed by atoms with Gasteiger partial charge in [0, 0.05) is 23.8 Å². The lowest BCUT2D eigenvalue weighted by atomic mass is 10.1. The van der Waals surface area contributed by atoms with E-state index in [2.05, 4.69) is 5.32 Å². The average Bonchev–Trinajstić information content (AvgIpc) is 2.34. The number of aryl methyl sites for hydroxylation is 1. The maximum absolute atomic E-state index is 12.0. The number of anilines is 1. The van der Waals surface area contributed by atoms with Crippen LogP contribution in [0.25, 0.3) is 0 Å². The lowest BCUT2D eigenvalue weighted by Gasteiger charge is -2.27. The number of likely N-dealkylation sites (tertiary alicyclic amines) is 1. The molecule has 1 N–H and O–H groups in total. The highest BCUT2D eigenvalue weighted by Gasteiger charge is 2.16. The standard InChI is InChI=1S/C13H17ClN2O/c1-10-9-11(14)5-6-12(10)15-13(17)16-7-3-2-4-8-16/h5-6,9H,2-4,7-8H2,1H3,(H,15,17). The zero-order valence-corrected chi connectivity index (χ0v) is 10.8. The molecule has 2 amide bonds. The fraction of sp³-hybridized carbons (Fsp3) is 0.462. The predicted octanol–water partition coefficient (Wildman–Crippen LogP) is 3.67. The van der Waals surface area contributed by atoms with E-state index in [1.165, 1.54) is 6.42 Å². The van der Waals surface area contributed by atoms with E-state index < -0.39 is 0 Å². The molecule has 1 heterocycles. The van der Waals surface area contributed by atoms with Crippen LogP contribution in [-0.4, -0.2) is 24.0 Å². The van der Waals surface area contributed by atoms with Gasteiger partial charge in [-0.3, -0.25) is 0 Å². The van der Waals surface area contributed by atoms with Crippen LogP contribution in [-0.2, 0) is 0 Å². The first kappa shape index (κ1) is 12.2. The molecule has 1 aliphatic heterocycles. The van der Waals surface area contributed by atoms with E-state index in [0.717, 1.165) is 37.2 Å². The fourth-order valence-electron chi connectivity index (χ4n) is 2.06. The van der Waals surface area contributed by atoms with Gasteiger partial charge in [0.15, 0.2) is 0 Å². The minimum atomic E-state index is -0.00452. The van der Waals surface area contributed by atoms with Crippen LogP contribution in [0.2, 0.25) is 5.02 Å². The van der Waals surface area contributed by atoms with Gasteiger partial charge >= 0.3 is 6.03 Å². The molecule has 0 aromatic heterocycles. The number of nitrogens with one attached hydrogen (secondary N) is 1. The second kappa shape index (κ2) is 5.41. The van der Waals surface area contributed by atoms with Crippen LogP contribution in [0.15, 0.2) is 18.2 Å². The lowest BCUT2D eigenvalue weighted by Crippen LogP contribution is -2.38. The number of rotatable bonds is 1. The third-order valence-electron chi connectivity index (χ3n) is 3.07. The molecule has 1 aliphatic rings. The Balaban J connectivity index is 2.02. The summed E-state index contributed by atoms with van der Waals surface area (Å²) >= 11 is 5.88. The van der Waals surface area contributed by atoms with Crippen LogP contribution < -0.4 is 5.32 Å². The highest BCUT2D eigenvalue weighted by Crippen LogP contribution is 2.20. The molecule has 17 heavy (non-hydrogen) atoms. The van der Waals surface area contributed by atoms with Crippen LogP contribution in [0.1, 0.15) is 24.8 Å². The van der Waals surface area contributed by atoms with Crippen LogP contribution in [0, 0.1) is 6.92 Å². The summed E-state index contributed by atoms with van der Waals surface area (Å²) in [5, 5.41) is 3.63. The van der Waals surface area contributed by atoms with Gasteiger partial charge in [-0.05, 0) is 49.9 Å². The topological polar surface area (TPSA) is 32.3 Å². The molecule has 0 saturated carbocycles. The summed E-state index contributed by atoms with van der Waals surface area (Å²) < 4.78 is 0. The van der Waals surface area contributed by atoms with E-state index in [1.807, 2.05) is 24.0 Å². The van der Waals surface area contributed by atoms with Crippen LogP contribution in [0.4, 0.5) is 10.5 Å². The summed E-state index contributed by atoms with van der Waals surface area (Å²) in [6, 6.07) is 5.49. The van der Waals surface area contributed by atoms with E-state index in [0.29, 0.717) is 5.02 Å². The highest BCUT2D eigenvalue weighted by molar-refractivity contribution is 6.30. The Hall–Kier alpha value is -1.22. The second-order valence-corrected chi connectivity index (χ2v) is 4.87. The molecule has 0 aliphatic carbocycles. The number of nitrogens with zero attached hydrogens (tertiary/aromatic N) is 1. The normalized spacial score (nSPS) is 15.8. The Morgan fingerprint density at radius 1 is 1.29 bits per heavy atom. The van der Waals surface area contributed by atoms with Gasteiger partial charge in [-0.15, -0.1) is 0 Å². The number of halogens is 1. The van der Waals surface area contributed by atoms with E-state index in [4.69, 9.17) is 11.6 Å². The molecule has 0 atom stereocenters. The van der Waals surface area contributed by atoms with Gasteiger partial charge in [-0.1, -0.05) is 11.6 Å². The number of urea groups is 1. The smallest absolute Gasteiger partial charge is 0.321 e. The van der Waals surface area contributed by atoms with Crippen molar-refractivity contribution in [2.45, 2.75) is 26.2 Å². The van der Waals surface area contributed by atoms with Crippen molar-refractivity contribution in [1.29, 1.82) is 0 Å². The number of benzene rings is 1. The maximum Gasteiger partial charge on any atom is 0.321 e. The number of carbonyl (C=O) groups excluding carboxylic acids is 1. The van der Waals surface area contributed by atoms with Crippen molar-refractivity contribution >= 4 is 23.3 Å². The molecule has 1 aromatic carbocycles. The number of amides is 2. The van der Waals surface area contributed by atoms with Gasteiger partial charge < -0.3 is 10.2 Å². The van der Waals surface area contributed by atoms with Crippen LogP contribution in [0.3, 0.4) is 0 Å². The van der Waals surface area contributed by atoms with Crippen molar-refractivity contribution in [2.24, 2.45) is 0 Å². The summed E-state index contributed by atoms with van der Waals surface area (Å²) in [5.41, 5.74) is 1.83. The maximum atomic E-state index is 12.0. The molecule has 0 spiro atoms. The Kier molecular flexibility index (Phi) is 3.89. The minimum absolute atomic E-state index is 0.00452. The van der Waals surface area contributed by atoms with Gasteiger partial charge in [0.05, 0.1) is 0 Å². The Labute approximate surface area is 107 Å². The lowest BCUT2D eigenvalue weighted by molar-refractivity contribution is 0.200. The van der Waals surface area contributed by atoms with E-state index in [1.54, 1.807) is 6.07 Å². The number of hydrogen-bond acceptors (Lipinski definition) is 1. The summed E-state index contributed by atoms with van der Waals surface area (Å²) in [7, 11) is 0. The molecule has 3 nitrogen and oxygen atoms in total. The predicted molar refractivity (Wildman–Crippen MR) is 70.6 cm³/mol. The van der Waals surface area contributed by atoms with Crippen molar-refractivity contribution < 1.29 is 4.79 Å². The minimum Gasteiger partial charge on any atom is -0.325 e. The third-order valence-corrected chi connectivity index (χ3v) is 3.31. The Bertz CT molecular complexity index is 414. The first-order valence-corrected chi connectivity index (χ1v) is 6.37. The van der Waals surface area contributed by atoms with E-state index in [-0.39, 0.29) is 6.03 Å². The molecule has 0 radical (unpaired) electrons. The van der Waals surface area contributed by atoms with Gasteiger partial charge in [0.1, 0.15) is 0 Å². The third kappa shape index (κ3) is 3.13. The molecule has 1 fully saturated rings. The molecule has 2 rings (SSSR count). The van der Waals surface area contributed by atoms with Crippen LogP contribution in [0.5, 0.6) is 0 Å². The molecule has 0 bridgehead atoms. The average molecular weight is 253 g/mol. The molecule has 0 unspecified atom stereocenters. The van der Waals surface area contributed by atoms with Crippen molar-refractivity contribution in [3.8, 4) is 0 Å². The summed E-state index contributed by atoms with van der Waals surface area (Å²) in [6.07, 6.45) is 3.43. The van der Waals surface area contributed by atoms with Crippen molar-refractivity contribution in [3.05, 3.63) is 28.8 Å². The number of hydrogen-bond donors (Lipinski definition) is 1. The summed E-state index contributed by atoms with van der Waals surface area (Å²) in [4.78, 5) is 13.9. The fourth-order valence-corrected chi connectivity index (χ4v) is 2.29. The zero-order valence-electron chi connectivity index (χ0n) is 10.0. The quantitative estimate of drug-likeness (QED) is 0.813. The summed E-state index contributed by atoms with van der Waals surface area (Å²) in [5.74, 6) is 0. The largest absolute Gasteiger partial charge is 0.325 e. The van der Waals surface area contributed by atoms with Gasteiger partial charge in [0.25, 0.3) is 0 Å². The Morgan fingerprint density at radius 2 is 2.00 bits per heavy atom. The van der Waals surface area contributed by atoms with Crippen LogP contribution >= 0.6 is 11.6 Å². The number of piperidine rings is 1. The molecule has 1 aromatic rings. The first-order chi connectivity index (χ1) is 8.16. The van der Waals surface area contributed by atoms with E-state index >= 15 is 0 Å². The monoisotopic (exact) mass is 252 g/mol. The summed E-state index contributed by atoms with van der Waals surface area (Å²) in [6.45, 7) is 3.66.